The third-order valence-corrected chi connectivity index (χ3v) is 2.98. The predicted octanol–water partition coefficient (Wildman–Crippen LogP) is 4.05. The first-order chi connectivity index (χ1) is 8.81. The number of hydrogen-bond acceptors (Lipinski definition) is 2. The number of aromatic nitrogens is 2. The van der Waals surface area contributed by atoms with Crippen LogP contribution in [0.25, 0.3) is 11.3 Å². The fourth-order valence-electron chi connectivity index (χ4n) is 1.71. The summed E-state index contributed by atoms with van der Waals surface area (Å²) in [5.41, 5.74) is 2.99. The second-order valence-corrected chi connectivity index (χ2v) is 4.58. The van der Waals surface area contributed by atoms with Crippen LogP contribution in [-0.2, 0) is 11.3 Å². The molecule has 0 aliphatic carbocycles. The summed E-state index contributed by atoms with van der Waals surface area (Å²) < 4.78 is 5.61. The lowest BCUT2D eigenvalue weighted by atomic mass is 10.1. The van der Waals surface area contributed by atoms with Gasteiger partial charge in [-0.2, -0.15) is 0 Å². The molecule has 96 valence electrons. The SMILES string of the molecule is CCCCOCc1[nH]cnc1-c1ccc(Cl)cc1. The Morgan fingerprint density at radius 3 is 2.78 bits per heavy atom. The van der Waals surface area contributed by atoms with Crippen LogP contribution in [0, 0.1) is 0 Å². The number of aromatic amines is 1. The zero-order valence-corrected chi connectivity index (χ0v) is 11.2. The van der Waals surface area contributed by atoms with E-state index in [2.05, 4.69) is 16.9 Å². The molecule has 0 fully saturated rings. The quantitative estimate of drug-likeness (QED) is 0.800. The summed E-state index contributed by atoms with van der Waals surface area (Å²) in [5, 5.41) is 0.732. The average Bonchev–Trinajstić information content (AvgIpc) is 2.84. The summed E-state index contributed by atoms with van der Waals surface area (Å²) in [5.74, 6) is 0. The van der Waals surface area contributed by atoms with Gasteiger partial charge >= 0.3 is 0 Å². The number of benzene rings is 1. The molecule has 0 aliphatic rings. The first-order valence-electron chi connectivity index (χ1n) is 6.17. The average molecular weight is 265 g/mol. The van der Waals surface area contributed by atoms with Crippen LogP contribution in [0.5, 0.6) is 0 Å². The van der Waals surface area contributed by atoms with E-state index in [4.69, 9.17) is 16.3 Å². The molecule has 0 atom stereocenters. The maximum Gasteiger partial charge on any atom is 0.0936 e. The molecular weight excluding hydrogens is 248 g/mol. The summed E-state index contributed by atoms with van der Waals surface area (Å²) in [6.07, 6.45) is 3.93. The van der Waals surface area contributed by atoms with Crippen LogP contribution >= 0.6 is 11.6 Å². The van der Waals surface area contributed by atoms with Crippen LogP contribution in [-0.4, -0.2) is 16.6 Å². The molecule has 2 aromatic rings. The van der Waals surface area contributed by atoms with Crippen molar-refractivity contribution in [3.8, 4) is 11.3 Å². The minimum Gasteiger partial charge on any atom is -0.375 e. The summed E-state index contributed by atoms with van der Waals surface area (Å²) in [6, 6.07) is 7.67. The Labute approximate surface area is 112 Å². The highest BCUT2D eigenvalue weighted by molar-refractivity contribution is 6.30. The highest BCUT2D eigenvalue weighted by atomic mass is 35.5. The van der Waals surface area contributed by atoms with Crippen LogP contribution in [0.4, 0.5) is 0 Å². The number of nitrogens with one attached hydrogen (secondary N) is 1. The van der Waals surface area contributed by atoms with Crippen LogP contribution in [0.3, 0.4) is 0 Å². The van der Waals surface area contributed by atoms with Gasteiger partial charge in [0.1, 0.15) is 0 Å². The highest BCUT2D eigenvalue weighted by Crippen LogP contribution is 2.22. The number of H-pyrrole nitrogens is 1. The van der Waals surface area contributed by atoms with Crippen molar-refractivity contribution in [1.29, 1.82) is 0 Å². The summed E-state index contributed by atoms with van der Waals surface area (Å²) >= 11 is 5.88. The van der Waals surface area contributed by atoms with Crippen molar-refractivity contribution in [1.82, 2.24) is 9.97 Å². The fourth-order valence-corrected chi connectivity index (χ4v) is 1.83. The standard InChI is InChI=1S/C14H17ClN2O/c1-2-3-8-18-9-13-14(17-10-16-13)11-4-6-12(15)7-5-11/h4-7,10H,2-3,8-9H2,1H3,(H,16,17). The molecule has 0 amide bonds. The molecule has 0 saturated heterocycles. The molecule has 4 heteroatoms. The minimum atomic E-state index is 0.567. The second-order valence-electron chi connectivity index (χ2n) is 4.14. The van der Waals surface area contributed by atoms with E-state index in [1.54, 1.807) is 6.33 Å². The molecule has 1 aromatic heterocycles. The molecule has 0 unspecified atom stereocenters. The van der Waals surface area contributed by atoms with E-state index in [-0.39, 0.29) is 0 Å². The first kappa shape index (κ1) is 13.1. The van der Waals surface area contributed by atoms with E-state index in [0.29, 0.717) is 6.61 Å². The maximum atomic E-state index is 5.88. The minimum absolute atomic E-state index is 0.567. The maximum absolute atomic E-state index is 5.88. The van der Waals surface area contributed by atoms with Crippen molar-refractivity contribution in [2.45, 2.75) is 26.4 Å². The number of halogens is 1. The van der Waals surface area contributed by atoms with Gasteiger partial charge < -0.3 is 9.72 Å². The molecule has 2 rings (SSSR count). The van der Waals surface area contributed by atoms with Gasteiger partial charge in [0.15, 0.2) is 0 Å². The van der Waals surface area contributed by atoms with Crippen molar-refractivity contribution in [2.24, 2.45) is 0 Å². The number of imidazole rings is 1. The molecule has 0 radical (unpaired) electrons. The molecule has 1 heterocycles. The molecule has 0 spiro atoms. The van der Waals surface area contributed by atoms with E-state index < -0.39 is 0 Å². The summed E-state index contributed by atoms with van der Waals surface area (Å²) in [6.45, 7) is 3.51. The van der Waals surface area contributed by atoms with Crippen LogP contribution in [0.1, 0.15) is 25.5 Å². The molecule has 1 N–H and O–H groups in total. The van der Waals surface area contributed by atoms with E-state index in [1.807, 2.05) is 24.3 Å². The predicted molar refractivity (Wildman–Crippen MR) is 73.6 cm³/mol. The monoisotopic (exact) mass is 264 g/mol. The van der Waals surface area contributed by atoms with Gasteiger partial charge in [0.05, 0.1) is 24.3 Å². The van der Waals surface area contributed by atoms with Gasteiger partial charge in [-0.05, 0) is 18.6 Å². The van der Waals surface area contributed by atoms with Gasteiger partial charge in [-0.25, -0.2) is 4.98 Å². The molecule has 3 nitrogen and oxygen atoms in total. The van der Waals surface area contributed by atoms with Gasteiger partial charge in [0, 0.05) is 17.2 Å². The molecular formula is C14H17ClN2O. The van der Waals surface area contributed by atoms with Gasteiger partial charge in [-0.15, -0.1) is 0 Å². The second kappa shape index (κ2) is 6.57. The Balaban J connectivity index is 2.05. The Morgan fingerprint density at radius 2 is 2.06 bits per heavy atom. The lowest BCUT2D eigenvalue weighted by Crippen LogP contribution is -1.97. The largest absolute Gasteiger partial charge is 0.375 e. The number of hydrogen-bond donors (Lipinski definition) is 1. The zero-order valence-electron chi connectivity index (χ0n) is 10.4. The Kier molecular flexibility index (Phi) is 4.79. The van der Waals surface area contributed by atoms with E-state index in [9.17, 15) is 0 Å². The Bertz CT molecular complexity index is 479. The Hall–Kier alpha value is -1.32. The van der Waals surface area contributed by atoms with E-state index >= 15 is 0 Å². The smallest absolute Gasteiger partial charge is 0.0936 e. The van der Waals surface area contributed by atoms with Gasteiger partial charge in [-0.1, -0.05) is 37.1 Å². The topological polar surface area (TPSA) is 37.9 Å². The zero-order chi connectivity index (χ0) is 12.8. The van der Waals surface area contributed by atoms with Crippen molar-refractivity contribution >= 4 is 11.6 Å². The normalized spacial score (nSPS) is 10.8. The van der Waals surface area contributed by atoms with Gasteiger partial charge in [0.25, 0.3) is 0 Å². The fraction of sp³-hybridized carbons (Fsp3) is 0.357. The van der Waals surface area contributed by atoms with Crippen molar-refractivity contribution in [3.05, 3.63) is 41.3 Å². The van der Waals surface area contributed by atoms with Gasteiger partial charge in [0.2, 0.25) is 0 Å². The highest BCUT2D eigenvalue weighted by Gasteiger charge is 2.08. The lowest BCUT2D eigenvalue weighted by Gasteiger charge is -2.04. The van der Waals surface area contributed by atoms with E-state index in [1.165, 1.54) is 0 Å². The number of unbranched alkanes of at least 4 members (excludes halogenated alkanes) is 1. The number of ether oxygens (including phenoxy) is 1. The van der Waals surface area contributed by atoms with Gasteiger partial charge in [-0.3, -0.25) is 0 Å². The van der Waals surface area contributed by atoms with E-state index in [0.717, 1.165) is 41.4 Å². The molecule has 0 bridgehead atoms. The van der Waals surface area contributed by atoms with Crippen molar-refractivity contribution in [3.63, 3.8) is 0 Å². The third-order valence-electron chi connectivity index (χ3n) is 2.72. The molecule has 1 aromatic carbocycles. The number of nitrogens with zero attached hydrogens (tertiary/aromatic N) is 1. The summed E-state index contributed by atoms with van der Waals surface area (Å²) in [4.78, 5) is 7.46. The van der Waals surface area contributed by atoms with Crippen LogP contribution in [0.2, 0.25) is 5.02 Å². The van der Waals surface area contributed by atoms with Crippen LogP contribution in [0.15, 0.2) is 30.6 Å². The Morgan fingerprint density at radius 1 is 1.28 bits per heavy atom. The molecule has 0 saturated carbocycles. The summed E-state index contributed by atoms with van der Waals surface area (Å²) in [7, 11) is 0. The van der Waals surface area contributed by atoms with Crippen LogP contribution < -0.4 is 0 Å². The third kappa shape index (κ3) is 3.34. The number of rotatable bonds is 6. The van der Waals surface area contributed by atoms with Crippen molar-refractivity contribution in [2.75, 3.05) is 6.61 Å². The van der Waals surface area contributed by atoms with Crippen molar-refractivity contribution < 1.29 is 4.74 Å². The lowest BCUT2D eigenvalue weighted by molar-refractivity contribution is 0.116. The molecule has 18 heavy (non-hydrogen) atoms. The molecule has 0 aliphatic heterocycles. The first-order valence-corrected chi connectivity index (χ1v) is 6.55.